The van der Waals surface area contributed by atoms with Crippen LogP contribution in [0.15, 0.2) is 0 Å². The first-order chi connectivity index (χ1) is 8.61. The van der Waals surface area contributed by atoms with Crippen molar-refractivity contribution in [3.05, 3.63) is 0 Å². The van der Waals surface area contributed by atoms with Gasteiger partial charge in [-0.25, -0.2) is 0 Å². The van der Waals surface area contributed by atoms with E-state index in [0.717, 1.165) is 37.0 Å². The Labute approximate surface area is 109 Å². The third-order valence-electron chi connectivity index (χ3n) is 5.15. The lowest BCUT2D eigenvalue weighted by Crippen LogP contribution is -2.51. The van der Waals surface area contributed by atoms with E-state index in [-0.39, 0.29) is 11.4 Å². The number of rotatable bonds is 4. The van der Waals surface area contributed by atoms with Crippen molar-refractivity contribution in [2.45, 2.75) is 58.7 Å². The lowest BCUT2D eigenvalue weighted by molar-refractivity contribution is -0.198. The van der Waals surface area contributed by atoms with Crippen molar-refractivity contribution in [1.82, 2.24) is 0 Å². The van der Waals surface area contributed by atoms with Crippen LogP contribution < -0.4 is 0 Å². The van der Waals surface area contributed by atoms with E-state index in [9.17, 15) is 4.79 Å². The van der Waals surface area contributed by atoms with Gasteiger partial charge < -0.3 is 9.47 Å². The Hall–Kier alpha value is -0.570. The van der Waals surface area contributed by atoms with E-state index in [1.165, 1.54) is 19.3 Å². The first-order valence-electron chi connectivity index (χ1n) is 7.44. The molecular formula is C15H24O3. The monoisotopic (exact) mass is 252 g/mol. The Balaban J connectivity index is 1.69. The number of carbonyl (C=O) groups is 1. The van der Waals surface area contributed by atoms with Gasteiger partial charge in [0, 0.05) is 6.61 Å². The summed E-state index contributed by atoms with van der Waals surface area (Å²) in [5.74, 6) is 2.37. The Morgan fingerprint density at radius 1 is 1.17 bits per heavy atom. The molecule has 4 rings (SSSR count). The van der Waals surface area contributed by atoms with Gasteiger partial charge >= 0.3 is 5.97 Å². The standard InChI is InChI=1S/C15H24O3/c1-3-17-10(2)18-14(16)15-7-11-4-12(8-15)6-13(5-11)9-15/h10-13H,3-9H2,1-2H3. The van der Waals surface area contributed by atoms with E-state index in [4.69, 9.17) is 9.47 Å². The molecule has 1 unspecified atom stereocenters. The molecule has 4 fully saturated rings. The third kappa shape index (κ3) is 2.07. The van der Waals surface area contributed by atoms with E-state index in [1.807, 2.05) is 13.8 Å². The van der Waals surface area contributed by atoms with Crippen LogP contribution in [-0.2, 0) is 14.3 Å². The highest BCUT2D eigenvalue weighted by atomic mass is 16.7. The van der Waals surface area contributed by atoms with Gasteiger partial charge in [0.05, 0.1) is 5.41 Å². The predicted molar refractivity (Wildman–Crippen MR) is 67.8 cm³/mol. The SMILES string of the molecule is CCOC(C)OC(=O)C12CC3CC(CC(C3)C1)C2. The molecule has 0 aromatic rings. The minimum Gasteiger partial charge on any atom is -0.436 e. The molecule has 0 aromatic carbocycles. The smallest absolute Gasteiger partial charge is 0.314 e. The number of esters is 1. The molecular weight excluding hydrogens is 228 g/mol. The number of ether oxygens (including phenoxy) is 2. The summed E-state index contributed by atoms with van der Waals surface area (Å²) in [6, 6.07) is 0. The molecule has 0 N–H and O–H groups in total. The second kappa shape index (κ2) is 4.52. The van der Waals surface area contributed by atoms with Gasteiger partial charge in [-0.1, -0.05) is 0 Å². The van der Waals surface area contributed by atoms with E-state index in [0.29, 0.717) is 6.61 Å². The molecule has 0 radical (unpaired) electrons. The second-order valence-corrected chi connectivity index (χ2v) is 6.63. The average Bonchev–Trinajstić information content (AvgIpc) is 2.27. The average molecular weight is 252 g/mol. The summed E-state index contributed by atoms with van der Waals surface area (Å²) in [5.41, 5.74) is -0.153. The maximum absolute atomic E-state index is 12.5. The van der Waals surface area contributed by atoms with Crippen LogP contribution in [0.5, 0.6) is 0 Å². The Bertz CT molecular complexity index is 301. The molecule has 4 aliphatic carbocycles. The fourth-order valence-corrected chi connectivity index (χ4v) is 4.91. The lowest BCUT2D eigenvalue weighted by Gasteiger charge is -2.55. The fraction of sp³-hybridized carbons (Fsp3) is 0.933. The summed E-state index contributed by atoms with van der Waals surface area (Å²) in [5, 5.41) is 0. The third-order valence-corrected chi connectivity index (χ3v) is 5.15. The van der Waals surface area contributed by atoms with Crippen molar-refractivity contribution >= 4 is 5.97 Å². The normalized spacial score (nSPS) is 42.9. The first kappa shape index (κ1) is 12.5. The number of hydrogen-bond acceptors (Lipinski definition) is 3. The Morgan fingerprint density at radius 2 is 1.67 bits per heavy atom. The molecule has 0 aromatic heterocycles. The molecule has 0 aliphatic heterocycles. The second-order valence-electron chi connectivity index (χ2n) is 6.63. The van der Waals surface area contributed by atoms with Crippen LogP contribution >= 0.6 is 0 Å². The lowest BCUT2D eigenvalue weighted by atomic mass is 9.49. The van der Waals surface area contributed by atoms with Crippen molar-refractivity contribution in [3.63, 3.8) is 0 Å². The zero-order valence-electron chi connectivity index (χ0n) is 11.5. The molecule has 3 nitrogen and oxygen atoms in total. The zero-order chi connectivity index (χ0) is 12.8. The molecule has 0 amide bonds. The van der Waals surface area contributed by atoms with Crippen molar-refractivity contribution in [1.29, 1.82) is 0 Å². The summed E-state index contributed by atoms with van der Waals surface area (Å²) >= 11 is 0. The molecule has 4 bridgehead atoms. The quantitative estimate of drug-likeness (QED) is 0.569. The van der Waals surface area contributed by atoms with Crippen molar-refractivity contribution in [2.75, 3.05) is 6.61 Å². The molecule has 1 atom stereocenters. The highest BCUT2D eigenvalue weighted by Gasteiger charge is 2.55. The largest absolute Gasteiger partial charge is 0.436 e. The molecule has 0 saturated heterocycles. The highest BCUT2D eigenvalue weighted by molar-refractivity contribution is 5.77. The first-order valence-corrected chi connectivity index (χ1v) is 7.44. The molecule has 0 spiro atoms. The van der Waals surface area contributed by atoms with Crippen LogP contribution in [0.1, 0.15) is 52.4 Å². The van der Waals surface area contributed by atoms with Gasteiger partial charge in [-0.2, -0.15) is 0 Å². The Kier molecular flexibility index (Phi) is 3.13. The van der Waals surface area contributed by atoms with E-state index >= 15 is 0 Å². The summed E-state index contributed by atoms with van der Waals surface area (Å²) in [6.45, 7) is 4.34. The molecule has 4 aliphatic rings. The van der Waals surface area contributed by atoms with Crippen LogP contribution in [0.4, 0.5) is 0 Å². The van der Waals surface area contributed by atoms with Gasteiger partial charge in [-0.3, -0.25) is 4.79 Å². The summed E-state index contributed by atoms with van der Waals surface area (Å²) in [4.78, 5) is 12.5. The van der Waals surface area contributed by atoms with E-state index < -0.39 is 6.29 Å². The van der Waals surface area contributed by atoms with Gasteiger partial charge in [0.25, 0.3) is 0 Å². The van der Waals surface area contributed by atoms with Gasteiger partial charge in [0.2, 0.25) is 0 Å². The van der Waals surface area contributed by atoms with Crippen LogP contribution in [0.25, 0.3) is 0 Å². The molecule has 4 saturated carbocycles. The zero-order valence-corrected chi connectivity index (χ0v) is 11.5. The minimum atomic E-state index is -0.393. The van der Waals surface area contributed by atoms with Gasteiger partial charge in [0.1, 0.15) is 0 Å². The minimum absolute atomic E-state index is 0.0163. The summed E-state index contributed by atoms with van der Waals surface area (Å²) < 4.78 is 10.8. The molecule has 0 heterocycles. The maximum atomic E-state index is 12.5. The summed E-state index contributed by atoms with van der Waals surface area (Å²) in [6.07, 6.45) is 6.87. The van der Waals surface area contributed by atoms with Crippen molar-refractivity contribution in [3.8, 4) is 0 Å². The van der Waals surface area contributed by atoms with Crippen LogP contribution in [0.2, 0.25) is 0 Å². The predicted octanol–water partition coefficient (Wildman–Crippen LogP) is 3.13. The van der Waals surface area contributed by atoms with Crippen LogP contribution in [0, 0.1) is 23.2 Å². The van der Waals surface area contributed by atoms with E-state index in [2.05, 4.69) is 0 Å². The van der Waals surface area contributed by atoms with Crippen molar-refractivity contribution < 1.29 is 14.3 Å². The summed E-state index contributed by atoms with van der Waals surface area (Å²) in [7, 11) is 0. The van der Waals surface area contributed by atoms with Crippen molar-refractivity contribution in [2.24, 2.45) is 23.2 Å². The van der Waals surface area contributed by atoms with Gasteiger partial charge in [-0.15, -0.1) is 0 Å². The van der Waals surface area contributed by atoms with Gasteiger partial charge in [-0.05, 0) is 70.1 Å². The molecule has 3 heteroatoms. The fourth-order valence-electron chi connectivity index (χ4n) is 4.91. The molecule has 18 heavy (non-hydrogen) atoms. The van der Waals surface area contributed by atoms with E-state index in [1.54, 1.807) is 0 Å². The van der Waals surface area contributed by atoms with Crippen LogP contribution in [0.3, 0.4) is 0 Å². The maximum Gasteiger partial charge on any atom is 0.314 e. The van der Waals surface area contributed by atoms with Crippen LogP contribution in [-0.4, -0.2) is 18.9 Å². The number of hydrogen-bond donors (Lipinski definition) is 0. The Morgan fingerprint density at radius 3 is 2.11 bits per heavy atom. The topological polar surface area (TPSA) is 35.5 Å². The molecule has 102 valence electrons. The number of carbonyl (C=O) groups excluding carboxylic acids is 1. The van der Waals surface area contributed by atoms with Gasteiger partial charge in [0.15, 0.2) is 6.29 Å². The highest BCUT2D eigenvalue weighted by Crippen LogP contribution is 2.60.